The maximum absolute atomic E-state index is 12.6. The third-order valence-electron chi connectivity index (χ3n) is 26.0. The molecule has 0 bridgehead atoms. The fourth-order valence-corrected chi connectivity index (χ4v) is 18.4. The van der Waals surface area contributed by atoms with Crippen molar-refractivity contribution in [3.8, 4) is 135 Å². The first-order valence-electron chi connectivity index (χ1n) is 48.4. The molecular formula is C114H93N29O5. The van der Waals surface area contributed by atoms with Gasteiger partial charge in [0.1, 0.15) is 0 Å². The van der Waals surface area contributed by atoms with Crippen LogP contribution in [-0.2, 0) is 19.1 Å². The van der Waals surface area contributed by atoms with Crippen molar-refractivity contribution in [3.63, 3.8) is 0 Å². The average molecular weight is 1950 g/mol. The van der Waals surface area contributed by atoms with Crippen LogP contribution in [0.15, 0.2) is 318 Å². The molecule has 148 heavy (non-hydrogen) atoms. The summed E-state index contributed by atoms with van der Waals surface area (Å²) in [5.74, 6) is 0.287. The Bertz CT molecular complexity index is 8840. The monoisotopic (exact) mass is 1950 g/mol. The summed E-state index contributed by atoms with van der Waals surface area (Å²) >= 11 is 0. The van der Waals surface area contributed by atoms with Crippen LogP contribution in [-0.4, -0.2) is 175 Å². The first kappa shape index (κ1) is 92.1. The van der Waals surface area contributed by atoms with Gasteiger partial charge in [0.05, 0.1) is 106 Å². The number of ether oxygens (including phenoxy) is 1. The Labute approximate surface area is 843 Å². The number of pyridine rings is 12. The Kier molecular flexibility index (Phi) is 25.1. The molecule has 0 unspecified atom stereocenters. The number of carbonyl (C=O) groups is 4. The summed E-state index contributed by atoms with van der Waals surface area (Å²) in [4.78, 5) is 118. The Morgan fingerprint density at radius 3 is 0.932 bits per heavy atom. The molecule has 1 saturated carbocycles. The molecule has 0 atom stereocenters. The number of benzene rings is 4. The number of nitrogens with zero attached hydrogens (tertiary/aromatic N) is 17. The first-order valence-corrected chi connectivity index (χ1v) is 48.4. The van der Waals surface area contributed by atoms with E-state index < -0.39 is 0 Å². The number of H-pyrrole nitrogens is 8. The van der Waals surface area contributed by atoms with Crippen LogP contribution in [0.4, 0.5) is 27.5 Å². The molecule has 34 nitrogen and oxygen atoms in total. The molecule has 34 heteroatoms. The van der Waals surface area contributed by atoms with Gasteiger partial charge in [-0.2, -0.15) is 20.4 Å². The minimum Gasteiger partial charge on any atom is -0.378 e. The molecule has 1 aliphatic carbocycles. The lowest BCUT2D eigenvalue weighted by Gasteiger charge is -2.26. The number of aromatic amines is 8. The second kappa shape index (κ2) is 40.4. The van der Waals surface area contributed by atoms with Crippen molar-refractivity contribution >= 4 is 134 Å². The predicted octanol–water partition coefficient (Wildman–Crippen LogP) is 22.7. The molecule has 21 heterocycles. The molecule has 26 rings (SSSR count). The molecular weight excluding hydrogens is 1860 g/mol. The number of rotatable bonds is 20. The van der Waals surface area contributed by atoms with Gasteiger partial charge in [0, 0.05) is 262 Å². The van der Waals surface area contributed by atoms with Gasteiger partial charge in [-0.15, -0.1) is 0 Å². The zero-order valence-corrected chi connectivity index (χ0v) is 80.3. The highest BCUT2D eigenvalue weighted by Gasteiger charge is 2.31. The third-order valence-corrected chi connectivity index (χ3v) is 26.0. The van der Waals surface area contributed by atoms with Gasteiger partial charge in [-0.1, -0.05) is 100 Å². The van der Waals surface area contributed by atoms with E-state index in [9.17, 15) is 19.2 Å². The van der Waals surface area contributed by atoms with Crippen molar-refractivity contribution in [2.45, 2.75) is 47.0 Å². The van der Waals surface area contributed by atoms with Gasteiger partial charge in [0.2, 0.25) is 17.7 Å². The SMILES string of the molecule is CC(C)C(=O)Nc1cncc(-c2cnc3n[nH]c(-c4cc5c(-c6cccnc6)cccc5[nH]4)c3c2)c1.CC(C)CC(=O)Nc1cncc(-c2cnc3n[nH]c(-c4cc5c(-c6cccnc6)cccc5[nH]4)c3c2)c1.O=C(Nc1cncc(-c2cnc3n[nH]c(-c4cc5c(-c6cccnc6)cccc5[nH]4)c3c2)c1)C1CC1.O=C(Nc1cncc(-c2cnc3n[nH]c(-c4cc5c(-c6cccnc6)cccc5[nH]4)c3c2)c1)N1CCOCC1. The Morgan fingerprint density at radius 2 is 0.628 bits per heavy atom. The van der Waals surface area contributed by atoms with Crippen molar-refractivity contribution in [1.82, 2.24) is 125 Å². The molecule has 24 aromatic rings. The van der Waals surface area contributed by atoms with Gasteiger partial charge < -0.3 is 50.8 Å². The van der Waals surface area contributed by atoms with Crippen LogP contribution in [0.25, 0.3) is 222 Å². The molecule has 5 amide bonds. The van der Waals surface area contributed by atoms with Crippen LogP contribution < -0.4 is 21.3 Å². The number of anilines is 4. The molecule has 724 valence electrons. The summed E-state index contributed by atoms with van der Waals surface area (Å²) in [7, 11) is 0. The lowest BCUT2D eigenvalue weighted by molar-refractivity contribution is -0.119. The van der Waals surface area contributed by atoms with E-state index in [4.69, 9.17) is 4.74 Å². The fraction of sp³-hybridized carbons (Fsp3) is 0.123. The maximum atomic E-state index is 12.6. The third kappa shape index (κ3) is 19.5. The van der Waals surface area contributed by atoms with Crippen LogP contribution in [0.2, 0.25) is 0 Å². The average Bonchev–Trinajstić information content (AvgIpc) is 1.62. The number of amides is 5. The van der Waals surface area contributed by atoms with E-state index in [-0.39, 0.29) is 41.5 Å². The van der Waals surface area contributed by atoms with Crippen LogP contribution in [0.3, 0.4) is 0 Å². The molecule has 2 aliphatic rings. The van der Waals surface area contributed by atoms with E-state index in [0.29, 0.717) is 78.1 Å². The number of nitrogens with one attached hydrogen (secondary N) is 12. The molecule has 0 radical (unpaired) electrons. The minimum absolute atomic E-state index is 0.0240. The minimum atomic E-state index is -0.160. The van der Waals surface area contributed by atoms with E-state index in [2.05, 4.69) is 245 Å². The zero-order valence-electron chi connectivity index (χ0n) is 80.3. The van der Waals surface area contributed by atoms with Crippen LogP contribution in [0, 0.1) is 17.8 Å². The fourth-order valence-electron chi connectivity index (χ4n) is 18.4. The van der Waals surface area contributed by atoms with Gasteiger partial charge in [0.25, 0.3) is 0 Å². The highest BCUT2D eigenvalue weighted by atomic mass is 16.5. The summed E-state index contributed by atoms with van der Waals surface area (Å²) in [6.45, 7) is 9.98. The Hall–Kier alpha value is -19.6. The Morgan fingerprint density at radius 1 is 0.324 bits per heavy atom. The van der Waals surface area contributed by atoms with E-state index in [1.54, 1.807) is 104 Å². The topological polar surface area (TPSA) is 461 Å². The highest BCUT2D eigenvalue weighted by molar-refractivity contribution is 6.07. The van der Waals surface area contributed by atoms with Gasteiger partial charge >= 0.3 is 6.03 Å². The van der Waals surface area contributed by atoms with E-state index in [0.717, 1.165) is 213 Å². The molecule has 4 aromatic carbocycles. The standard InChI is InChI=1S/C29H24N8O2.C29H25N7O.C28H21N7O.C28H23N7O/c38-29(37-7-9-39-10-8-37)33-21-11-19(15-31-17-21)20-12-24-27(35-36-28(24)32-16-20)26-13-23-22(4-1-5-25(23)34-26)18-3-2-6-30-14-18;1-17(2)9-27(37)33-21-10-19(14-31-16-21)20-11-24-28(35-36-29(24)32-15-20)26-12-23-22(6-3-7-25(23)34-26)18-5-4-8-30-13-18;36-28(16-6-7-16)32-20-9-18(13-30-15-20)19-10-23-26(34-35-27(23)31-14-19)25-11-22-21(4-1-5-24(22)33-25)17-3-2-8-29-12-17;1-16(2)28(36)32-20-9-18(13-30-15-20)19-10-23-26(34-35-27(23)31-14-19)25-11-22-21(6-3-7-24(22)33-25)17-5-4-8-29-12-17/h1-6,11-17,34H,7-10H2,(H,33,38)(H,32,35,36);3-8,10-17,34H,9H2,1-2H3,(H,33,37)(H,32,35,36);1-5,8-16,33H,6-7H2,(H,32,36)(H,31,34,35);3-16,33H,1-2H3,(H,32,36)(H,31,34,35). The predicted molar refractivity (Wildman–Crippen MR) is 575 cm³/mol. The Balaban J connectivity index is 0.000000109. The quantitative estimate of drug-likeness (QED) is 0.0337. The van der Waals surface area contributed by atoms with Crippen molar-refractivity contribution in [2.75, 3.05) is 47.6 Å². The van der Waals surface area contributed by atoms with Gasteiger partial charge in [-0.25, -0.2) is 24.7 Å². The number of carbonyl (C=O) groups excluding carboxylic acids is 4. The van der Waals surface area contributed by atoms with Crippen molar-refractivity contribution < 1.29 is 23.9 Å². The van der Waals surface area contributed by atoms with Gasteiger partial charge in [-0.3, -0.25) is 74.7 Å². The molecule has 0 spiro atoms. The summed E-state index contributed by atoms with van der Waals surface area (Å²) in [5.41, 5.74) is 31.9. The second-order valence-electron chi connectivity index (χ2n) is 37.0. The summed E-state index contributed by atoms with van der Waals surface area (Å²) in [5, 5.41) is 50.0. The van der Waals surface area contributed by atoms with E-state index in [1.165, 1.54) is 0 Å². The highest BCUT2D eigenvalue weighted by Crippen LogP contribution is 2.43. The smallest absolute Gasteiger partial charge is 0.322 e. The summed E-state index contributed by atoms with van der Waals surface area (Å²) in [6, 6.07) is 65.0. The molecule has 12 N–H and O–H groups in total. The normalized spacial score (nSPS) is 12.5. The van der Waals surface area contributed by atoms with E-state index in [1.807, 2.05) is 143 Å². The van der Waals surface area contributed by atoms with E-state index >= 15 is 0 Å². The van der Waals surface area contributed by atoms with Crippen LogP contribution in [0.1, 0.15) is 47.0 Å². The number of hydrogen-bond donors (Lipinski definition) is 12. The number of aromatic nitrogens is 24. The van der Waals surface area contributed by atoms with Crippen molar-refractivity contribution in [1.29, 1.82) is 0 Å². The molecule has 1 saturated heterocycles. The van der Waals surface area contributed by atoms with Gasteiger partial charge in [0.15, 0.2) is 22.6 Å². The summed E-state index contributed by atoms with van der Waals surface area (Å²) in [6.07, 6.45) is 37.7. The molecule has 1 aliphatic heterocycles. The van der Waals surface area contributed by atoms with Crippen LogP contribution in [0.5, 0.6) is 0 Å². The lowest BCUT2D eigenvalue weighted by Crippen LogP contribution is -2.43. The zero-order chi connectivity index (χ0) is 100. The number of morpholine rings is 1. The summed E-state index contributed by atoms with van der Waals surface area (Å²) < 4.78 is 5.34. The molecule has 20 aromatic heterocycles. The molecule has 2 fully saturated rings. The van der Waals surface area contributed by atoms with Gasteiger partial charge in [-0.05, 0) is 162 Å². The first-order chi connectivity index (χ1) is 72.6. The second-order valence-corrected chi connectivity index (χ2v) is 37.0. The lowest BCUT2D eigenvalue weighted by atomic mass is 10.0. The number of fused-ring (bicyclic) bond motifs is 8. The largest absolute Gasteiger partial charge is 0.378 e. The number of urea groups is 1. The maximum Gasteiger partial charge on any atom is 0.322 e. The number of hydrogen-bond acceptors (Lipinski definition) is 21. The van der Waals surface area contributed by atoms with Crippen molar-refractivity contribution in [3.05, 3.63) is 318 Å². The van der Waals surface area contributed by atoms with Crippen LogP contribution >= 0.6 is 0 Å². The van der Waals surface area contributed by atoms with Crippen molar-refractivity contribution in [2.24, 2.45) is 17.8 Å².